The second-order valence-corrected chi connectivity index (χ2v) is 14.3. The maximum atomic E-state index is 10.8. The van der Waals surface area contributed by atoms with Gasteiger partial charge in [-0.2, -0.15) is 11.8 Å². The predicted molar refractivity (Wildman–Crippen MR) is 173 cm³/mol. The number of aliphatic hydroxyl groups excluding tert-OH is 4. The van der Waals surface area contributed by atoms with Crippen molar-refractivity contribution in [2.24, 2.45) is 5.73 Å². The van der Waals surface area contributed by atoms with Crippen molar-refractivity contribution in [3.05, 3.63) is 25.3 Å². The molecule has 6 heterocycles. The number of nitrogens with two attached hydrogens (primary N) is 3. The number of nitrogen functional groups attached to an aromatic ring is 2. The molecule has 1 unspecified atom stereocenters. The third kappa shape index (κ3) is 7.22. The van der Waals surface area contributed by atoms with Crippen LogP contribution in [0.5, 0.6) is 0 Å². The normalized spacial score (nSPS) is 28.7. The highest BCUT2D eigenvalue weighted by atomic mass is 32.2. The Morgan fingerprint density at radius 1 is 0.872 bits per heavy atom. The van der Waals surface area contributed by atoms with Gasteiger partial charge in [-0.3, -0.25) is 13.9 Å². The number of carbonyl (C=O) groups is 1. The van der Waals surface area contributed by atoms with E-state index in [1.165, 1.54) is 29.9 Å². The lowest BCUT2D eigenvalue weighted by Gasteiger charge is -2.16. The number of anilines is 2. The fraction of sp³-hybridized carbons (Fsp3) is 0.577. The molecule has 11 N–H and O–H groups in total. The van der Waals surface area contributed by atoms with Gasteiger partial charge in [0.2, 0.25) is 0 Å². The average Bonchev–Trinajstić information content (AvgIpc) is 3.80. The van der Waals surface area contributed by atoms with E-state index in [1.54, 1.807) is 16.3 Å². The zero-order chi connectivity index (χ0) is 34.0. The van der Waals surface area contributed by atoms with E-state index in [0.717, 1.165) is 0 Å². The van der Waals surface area contributed by atoms with Crippen molar-refractivity contribution < 1.29 is 39.8 Å². The predicted octanol–water partition coefficient (Wildman–Crippen LogP) is -2.53. The summed E-state index contributed by atoms with van der Waals surface area (Å²) in [5.41, 5.74) is 18.7. The zero-order valence-corrected chi connectivity index (χ0v) is 27.1. The molecule has 2 aliphatic rings. The molecule has 0 aliphatic carbocycles. The average molecular weight is 697 g/mol. The number of carboxylic acids is 1. The van der Waals surface area contributed by atoms with Gasteiger partial charge in [-0.1, -0.05) is 0 Å². The van der Waals surface area contributed by atoms with Crippen LogP contribution < -0.4 is 17.2 Å². The van der Waals surface area contributed by atoms with E-state index in [0.29, 0.717) is 46.0 Å². The van der Waals surface area contributed by atoms with Crippen molar-refractivity contribution in [1.29, 1.82) is 0 Å². The topological polar surface area (TPSA) is 302 Å². The number of ether oxygens (including phenoxy) is 2. The lowest BCUT2D eigenvalue weighted by molar-refractivity contribution is -0.138. The molecule has 10 atom stereocenters. The molecule has 19 nitrogen and oxygen atoms in total. The summed E-state index contributed by atoms with van der Waals surface area (Å²) in [6.07, 6.45) is 2.89. The van der Waals surface area contributed by atoms with E-state index in [-0.39, 0.29) is 22.5 Å². The highest BCUT2D eigenvalue weighted by Crippen LogP contribution is 2.34. The minimum atomic E-state index is -1.16. The standard InChI is InChI=1S/C15H22N6O5S.C11H15N5O3S/c1-27(3-2-7(16)15(24)25)4-8-10(22)11(23)14(26-8)21-6-20-9-12(17)18-5-19-13(9)21;1-20-2-5-7(17)8(18)11(19-5)16-4-15-6-9(12)13-3-14-10(6)16/h5-8,10-11,14,22-23H,2-4,16H2,1H3,(H2-,17,18,19,24,25);3-5,7-8,11,17-18H,2H2,1H3,(H2,12,13,14)/p+1/t7-,8+,10+,11+,14+,27?;5-,7-,8-,11-/m01/s1. The summed E-state index contributed by atoms with van der Waals surface area (Å²) < 4.78 is 14.7. The van der Waals surface area contributed by atoms with Crippen molar-refractivity contribution in [2.75, 3.05) is 41.2 Å². The minimum absolute atomic E-state index is 0.216. The Balaban J connectivity index is 0.000000193. The summed E-state index contributed by atoms with van der Waals surface area (Å²) in [7, 11) is -0.235. The molecule has 21 heteroatoms. The van der Waals surface area contributed by atoms with Crippen LogP contribution in [-0.4, -0.2) is 143 Å². The quantitative estimate of drug-likeness (QED) is 0.0793. The van der Waals surface area contributed by atoms with Gasteiger partial charge in [-0.15, -0.1) is 0 Å². The van der Waals surface area contributed by atoms with E-state index in [2.05, 4.69) is 29.9 Å². The number of rotatable bonds is 10. The first-order valence-electron chi connectivity index (χ1n) is 14.4. The summed E-state index contributed by atoms with van der Waals surface area (Å²) in [6.45, 7) is 0. The van der Waals surface area contributed by atoms with Crippen molar-refractivity contribution in [3.8, 4) is 0 Å². The molecule has 0 bridgehead atoms. The highest BCUT2D eigenvalue weighted by Gasteiger charge is 2.47. The van der Waals surface area contributed by atoms with Crippen molar-refractivity contribution in [3.63, 3.8) is 0 Å². The van der Waals surface area contributed by atoms with Crippen molar-refractivity contribution in [1.82, 2.24) is 39.0 Å². The zero-order valence-electron chi connectivity index (χ0n) is 25.4. The molecule has 0 aromatic carbocycles. The second kappa shape index (κ2) is 14.8. The van der Waals surface area contributed by atoms with Crippen molar-refractivity contribution >= 4 is 62.6 Å². The molecule has 4 aromatic rings. The van der Waals surface area contributed by atoms with Gasteiger partial charge >= 0.3 is 5.97 Å². The molecule has 2 saturated heterocycles. The van der Waals surface area contributed by atoms with Crippen LogP contribution in [-0.2, 0) is 25.2 Å². The number of fused-ring (bicyclic) bond motifs is 2. The van der Waals surface area contributed by atoms with E-state index in [1.807, 2.05) is 12.5 Å². The lowest BCUT2D eigenvalue weighted by atomic mass is 10.1. The fourth-order valence-electron chi connectivity index (χ4n) is 5.29. The van der Waals surface area contributed by atoms with Gasteiger partial charge in [-0.05, 0) is 17.2 Å². The Labute approximate surface area is 274 Å². The third-order valence-corrected chi connectivity index (χ3v) is 10.4. The monoisotopic (exact) mass is 696 g/mol. The van der Waals surface area contributed by atoms with Crippen LogP contribution in [0.1, 0.15) is 18.9 Å². The Kier molecular flexibility index (Phi) is 11.0. The van der Waals surface area contributed by atoms with E-state index >= 15 is 0 Å². The number of aliphatic hydroxyl groups is 4. The van der Waals surface area contributed by atoms with Gasteiger partial charge in [-0.25, -0.2) is 29.9 Å². The molecule has 4 aromatic heterocycles. The van der Waals surface area contributed by atoms with Crippen molar-refractivity contribution in [2.45, 2.75) is 61.5 Å². The molecule has 256 valence electrons. The van der Waals surface area contributed by atoms with E-state index < -0.39 is 61.1 Å². The SMILES string of the molecule is CSC[C@H]1O[C@@H](n2cnc3c(N)ncnc32)[C@H](O)[C@@H]1O.C[S+](CC[C@H](N)C(=O)O)C[C@H]1O[C@@H](n2cnc3c(N)ncnc32)[C@H](O)[C@@H]1O. The van der Waals surface area contributed by atoms with Crippen LogP contribution in [0, 0.1) is 0 Å². The summed E-state index contributed by atoms with van der Waals surface area (Å²) in [6, 6.07) is -0.907. The molecule has 2 fully saturated rings. The van der Waals surface area contributed by atoms with Gasteiger partial charge in [0.1, 0.15) is 71.8 Å². The molecule has 0 amide bonds. The highest BCUT2D eigenvalue weighted by molar-refractivity contribution is 7.98. The van der Waals surface area contributed by atoms with Crippen LogP contribution in [0.25, 0.3) is 22.3 Å². The Morgan fingerprint density at radius 2 is 1.36 bits per heavy atom. The molecule has 0 radical (unpaired) electrons. The summed E-state index contributed by atoms with van der Waals surface area (Å²) in [5, 5.41) is 49.8. The smallest absolute Gasteiger partial charge is 0.320 e. The number of hydrogen-bond donors (Lipinski definition) is 8. The number of carboxylic acid groups (broad SMARTS) is 1. The van der Waals surface area contributed by atoms with Gasteiger partial charge in [0.15, 0.2) is 35.4 Å². The number of hydrogen-bond acceptors (Lipinski definition) is 17. The molecular weight excluding hydrogens is 658 g/mol. The minimum Gasteiger partial charge on any atom is -0.480 e. The van der Waals surface area contributed by atoms with Gasteiger partial charge in [0.05, 0.1) is 25.0 Å². The number of thioether (sulfide) groups is 1. The molecule has 2 aliphatic heterocycles. The number of aliphatic carboxylic acids is 1. The fourth-order valence-corrected chi connectivity index (χ4v) is 7.55. The molecular formula is C26H38N11O8S2+. The third-order valence-electron chi connectivity index (χ3n) is 7.87. The summed E-state index contributed by atoms with van der Waals surface area (Å²) >= 11 is 1.54. The Hall–Kier alpha value is -3.41. The molecule has 47 heavy (non-hydrogen) atoms. The Morgan fingerprint density at radius 3 is 1.85 bits per heavy atom. The molecule has 0 saturated carbocycles. The van der Waals surface area contributed by atoms with Crippen LogP contribution in [0.2, 0.25) is 0 Å². The van der Waals surface area contributed by atoms with Gasteiger partial charge in [0.25, 0.3) is 0 Å². The van der Waals surface area contributed by atoms with Gasteiger partial charge < -0.3 is 52.2 Å². The lowest BCUT2D eigenvalue weighted by Crippen LogP contribution is -2.37. The summed E-state index contributed by atoms with van der Waals surface area (Å²) in [5.74, 6) is 1.12. The first-order valence-corrected chi connectivity index (χ1v) is 17.7. The number of aromatic nitrogens is 8. The maximum Gasteiger partial charge on any atom is 0.320 e. The first kappa shape index (κ1) is 34.9. The summed E-state index contributed by atoms with van der Waals surface area (Å²) in [4.78, 5) is 35.0. The second-order valence-electron chi connectivity index (χ2n) is 11.1. The van der Waals surface area contributed by atoms with E-state index in [4.69, 9.17) is 31.8 Å². The van der Waals surface area contributed by atoms with Crippen LogP contribution in [0.15, 0.2) is 25.3 Å². The molecule has 6 rings (SSSR count). The molecule has 0 spiro atoms. The van der Waals surface area contributed by atoms with Crippen LogP contribution >= 0.6 is 11.8 Å². The van der Waals surface area contributed by atoms with Crippen LogP contribution in [0.4, 0.5) is 11.6 Å². The maximum absolute atomic E-state index is 10.8. The largest absolute Gasteiger partial charge is 0.480 e. The van der Waals surface area contributed by atoms with Crippen LogP contribution in [0.3, 0.4) is 0 Å². The number of imidazole rings is 2. The van der Waals surface area contributed by atoms with E-state index in [9.17, 15) is 25.2 Å². The van der Waals surface area contributed by atoms with Gasteiger partial charge in [0, 0.05) is 12.2 Å². The number of nitrogens with zero attached hydrogens (tertiary/aromatic N) is 8. The Bertz CT molecular complexity index is 1680. The first-order chi connectivity index (χ1) is 22.4.